The SMILES string of the molecule is CCOC(=O)NCCNC(=O)c1ccc2nc(C)c(C)nc2c1. The van der Waals surface area contributed by atoms with Crippen molar-refractivity contribution in [3.05, 3.63) is 35.2 Å². The molecule has 0 spiro atoms. The average molecular weight is 316 g/mol. The smallest absolute Gasteiger partial charge is 0.407 e. The summed E-state index contributed by atoms with van der Waals surface area (Å²) < 4.78 is 4.72. The standard InChI is InChI=1S/C16H20N4O3/c1-4-23-16(22)18-8-7-17-15(21)12-5-6-13-14(9-12)20-11(3)10(2)19-13/h5-6,9H,4,7-8H2,1-3H3,(H,17,21)(H,18,22). The van der Waals surface area contributed by atoms with E-state index in [9.17, 15) is 9.59 Å². The first kappa shape index (κ1) is 16.7. The van der Waals surface area contributed by atoms with E-state index in [1.165, 1.54) is 0 Å². The number of hydrogen-bond donors (Lipinski definition) is 2. The van der Waals surface area contributed by atoms with E-state index in [2.05, 4.69) is 20.6 Å². The summed E-state index contributed by atoms with van der Waals surface area (Å²) in [4.78, 5) is 32.1. The van der Waals surface area contributed by atoms with Crippen LogP contribution in [-0.2, 0) is 4.74 Å². The largest absolute Gasteiger partial charge is 0.450 e. The number of amides is 2. The molecule has 0 aliphatic heterocycles. The summed E-state index contributed by atoms with van der Waals surface area (Å²) >= 11 is 0. The van der Waals surface area contributed by atoms with Crippen LogP contribution in [0.3, 0.4) is 0 Å². The average Bonchev–Trinajstić information content (AvgIpc) is 2.52. The molecular formula is C16H20N4O3. The Morgan fingerprint density at radius 3 is 2.39 bits per heavy atom. The van der Waals surface area contributed by atoms with Crippen LogP contribution in [0.25, 0.3) is 11.0 Å². The highest BCUT2D eigenvalue weighted by Crippen LogP contribution is 2.14. The predicted molar refractivity (Wildman–Crippen MR) is 86.4 cm³/mol. The number of hydrogen-bond acceptors (Lipinski definition) is 5. The number of ether oxygens (including phenoxy) is 1. The van der Waals surface area contributed by atoms with Gasteiger partial charge in [0.1, 0.15) is 0 Å². The topological polar surface area (TPSA) is 93.2 Å². The van der Waals surface area contributed by atoms with Crippen LogP contribution in [0.5, 0.6) is 0 Å². The van der Waals surface area contributed by atoms with Gasteiger partial charge in [-0.1, -0.05) is 0 Å². The molecule has 2 N–H and O–H groups in total. The number of carbonyl (C=O) groups is 2. The van der Waals surface area contributed by atoms with Crippen LogP contribution in [0.2, 0.25) is 0 Å². The molecular weight excluding hydrogens is 296 g/mol. The Balaban J connectivity index is 1.96. The van der Waals surface area contributed by atoms with E-state index in [1.807, 2.05) is 13.8 Å². The number of aryl methyl sites for hydroxylation is 2. The molecule has 0 radical (unpaired) electrons. The van der Waals surface area contributed by atoms with Gasteiger partial charge in [0.25, 0.3) is 5.91 Å². The van der Waals surface area contributed by atoms with Gasteiger partial charge in [0.05, 0.1) is 29.0 Å². The number of fused-ring (bicyclic) bond motifs is 1. The fraction of sp³-hybridized carbons (Fsp3) is 0.375. The lowest BCUT2D eigenvalue weighted by Crippen LogP contribution is -2.34. The Morgan fingerprint density at radius 1 is 1.04 bits per heavy atom. The van der Waals surface area contributed by atoms with E-state index in [-0.39, 0.29) is 5.91 Å². The molecule has 1 aromatic carbocycles. The number of aromatic nitrogens is 2. The number of rotatable bonds is 5. The van der Waals surface area contributed by atoms with Gasteiger partial charge in [-0.25, -0.2) is 14.8 Å². The first-order valence-corrected chi connectivity index (χ1v) is 7.45. The van der Waals surface area contributed by atoms with Gasteiger partial charge in [0, 0.05) is 18.7 Å². The summed E-state index contributed by atoms with van der Waals surface area (Å²) in [5.41, 5.74) is 3.67. The summed E-state index contributed by atoms with van der Waals surface area (Å²) in [6, 6.07) is 5.20. The molecule has 0 saturated carbocycles. The minimum atomic E-state index is -0.492. The van der Waals surface area contributed by atoms with Gasteiger partial charge in [-0.3, -0.25) is 4.79 Å². The van der Waals surface area contributed by atoms with Gasteiger partial charge in [-0.05, 0) is 39.0 Å². The molecule has 2 rings (SSSR count). The zero-order valence-corrected chi connectivity index (χ0v) is 13.5. The number of carbonyl (C=O) groups excluding carboxylic acids is 2. The third-order valence-corrected chi connectivity index (χ3v) is 3.29. The van der Waals surface area contributed by atoms with Crippen molar-refractivity contribution >= 4 is 23.0 Å². The van der Waals surface area contributed by atoms with Crippen LogP contribution in [0, 0.1) is 13.8 Å². The molecule has 1 aromatic heterocycles. The van der Waals surface area contributed by atoms with E-state index in [1.54, 1.807) is 25.1 Å². The maximum Gasteiger partial charge on any atom is 0.407 e. The molecule has 2 amide bonds. The Labute approximate surface area is 134 Å². The van der Waals surface area contributed by atoms with Crippen molar-refractivity contribution < 1.29 is 14.3 Å². The number of benzene rings is 1. The Bertz CT molecular complexity index is 731. The first-order valence-electron chi connectivity index (χ1n) is 7.45. The van der Waals surface area contributed by atoms with Crippen LogP contribution in [0.1, 0.15) is 28.7 Å². The molecule has 0 aliphatic carbocycles. The second-order valence-electron chi connectivity index (χ2n) is 5.00. The second-order valence-corrected chi connectivity index (χ2v) is 5.00. The molecule has 0 unspecified atom stereocenters. The maximum atomic E-state index is 12.1. The minimum absolute atomic E-state index is 0.224. The fourth-order valence-corrected chi connectivity index (χ4v) is 2.00. The van der Waals surface area contributed by atoms with Crippen LogP contribution in [0.4, 0.5) is 4.79 Å². The first-order chi connectivity index (χ1) is 11.0. The van der Waals surface area contributed by atoms with E-state index in [0.717, 1.165) is 16.9 Å². The summed E-state index contributed by atoms with van der Waals surface area (Å²) in [6.45, 7) is 6.45. The summed E-state index contributed by atoms with van der Waals surface area (Å²) in [5, 5.41) is 5.27. The predicted octanol–water partition coefficient (Wildman–Crippen LogP) is 1.72. The van der Waals surface area contributed by atoms with Crippen LogP contribution < -0.4 is 10.6 Å². The Hall–Kier alpha value is -2.70. The van der Waals surface area contributed by atoms with Crippen molar-refractivity contribution in [2.75, 3.05) is 19.7 Å². The molecule has 0 atom stereocenters. The molecule has 1 heterocycles. The van der Waals surface area contributed by atoms with E-state index < -0.39 is 6.09 Å². The highest BCUT2D eigenvalue weighted by atomic mass is 16.5. The van der Waals surface area contributed by atoms with Gasteiger partial charge in [0.2, 0.25) is 0 Å². The molecule has 7 nitrogen and oxygen atoms in total. The molecule has 2 aromatic rings. The van der Waals surface area contributed by atoms with Crippen molar-refractivity contribution in [2.24, 2.45) is 0 Å². The van der Waals surface area contributed by atoms with Gasteiger partial charge in [0.15, 0.2) is 0 Å². The number of alkyl carbamates (subject to hydrolysis) is 1. The van der Waals surface area contributed by atoms with Crippen molar-refractivity contribution in [3.63, 3.8) is 0 Å². The maximum absolute atomic E-state index is 12.1. The molecule has 7 heteroatoms. The third-order valence-electron chi connectivity index (χ3n) is 3.29. The zero-order chi connectivity index (χ0) is 16.8. The summed E-state index contributed by atoms with van der Waals surface area (Å²) in [6.07, 6.45) is -0.492. The van der Waals surface area contributed by atoms with Crippen LogP contribution in [-0.4, -0.2) is 41.7 Å². The number of nitrogens with zero attached hydrogens (tertiary/aromatic N) is 2. The lowest BCUT2D eigenvalue weighted by Gasteiger charge is -2.08. The molecule has 0 bridgehead atoms. The van der Waals surface area contributed by atoms with E-state index in [4.69, 9.17) is 4.74 Å². The molecule has 23 heavy (non-hydrogen) atoms. The Morgan fingerprint density at radius 2 is 1.70 bits per heavy atom. The summed E-state index contributed by atoms with van der Waals surface area (Å²) in [7, 11) is 0. The van der Waals surface area contributed by atoms with Crippen molar-refractivity contribution in [1.82, 2.24) is 20.6 Å². The van der Waals surface area contributed by atoms with Gasteiger partial charge >= 0.3 is 6.09 Å². The normalized spacial score (nSPS) is 10.4. The van der Waals surface area contributed by atoms with E-state index >= 15 is 0 Å². The minimum Gasteiger partial charge on any atom is -0.450 e. The van der Waals surface area contributed by atoms with Gasteiger partial charge in [-0.2, -0.15) is 0 Å². The van der Waals surface area contributed by atoms with Crippen LogP contribution >= 0.6 is 0 Å². The molecule has 122 valence electrons. The highest BCUT2D eigenvalue weighted by molar-refractivity contribution is 5.97. The van der Waals surface area contributed by atoms with Gasteiger partial charge in [-0.15, -0.1) is 0 Å². The van der Waals surface area contributed by atoms with E-state index in [0.29, 0.717) is 30.8 Å². The summed E-state index contributed by atoms with van der Waals surface area (Å²) in [5.74, 6) is -0.224. The highest BCUT2D eigenvalue weighted by Gasteiger charge is 2.08. The van der Waals surface area contributed by atoms with Crippen molar-refractivity contribution in [1.29, 1.82) is 0 Å². The monoisotopic (exact) mass is 316 g/mol. The van der Waals surface area contributed by atoms with Crippen LogP contribution in [0.15, 0.2) is 18.2 Å². The van der Waals surface area contributed by atoms with Crippen molar-refractivity contribution in [3.8, 4) is 0 Å². The number of nitrogens with one attached hydrogen (secondary N) is 2. The lowest BCUT2D eigenvalue weighted by molar-refractivity contribution is 0.0952. The molecule has 0 fully saturated rings. The fourth-order valence-electron chi connectivity index (χ4n) is 2.00. The second kappa shape index (κ2) is 7.53. The van der Waals surface area contributed by atoms with Crippen molar-refractivity contribution in [2.45, 2.75) is 20.8 Å². The third kappa shape index (κ3) is 4.38. The lowest BCUT2D eigenvalue weighted by atomic mass is 10.1. The quantitative estimate of drug-likeness (QED) is 0.819. The van der Waals surface area contributed by atoms with Gasteiger partial charge < -0.3 is 15.4 Å². The zero-order valence-electron chi connectivity index (χ0n) is 13.5. The molecule has 0 saturated heterocycles. The molecule has 0 aliphatic rings. The Kier molecular flexibility index (Phi) is 5.46.